The summed E-state index contributed by atoms with van der Waals surface area (Å²) in [4.78, 5) is 17.4. The SMILES string of the molecule is C#CCN1CCCCC1C(=O)NCC(c1cccc(OC)c1)N(CC)CC. The van der Waals surface area contributed by atoms with Gasteiger partial charge in [-0.3, -0.25) is 14.6 Å². The molecule has 148 valence electrons. The number of carbonyl (C=O) groups is 1. The topological polar surface area (TPSA) is 44.8 Å². The summed E-state index contributed by atoms with van der Waals surface area (Å²) in [6, 6.07) is 8.10. The zero-order chi connectivity index (χ0) is 19.6. The predicted octanol–water partition coefficient (Wildman–Crippen LogP) is 2.68. The fourth-order valence-electron chi connectivity index (χ4n) is 3.88. The Kier molecular flexibility index (Phi) is 8.63. The van der Waals surface area contributed by atoms with Gasteiger partial charge in [0, 0.05) is 6.54 Å². The second-order valence-electron chi connectivity index (χ2n) is 6.94. The molecule has 27 heavy (non-hydrogen) atoms. The van der Waals surface area contributed by atoms with Crippen molar-refractivity contribution in [1.29, 1.82) is 0 Å². The molecule has 1 N–H and O–H groups in total. The second kappa shape index (κ2) is 11.0. The number of benzene rings is 1. The van der Waals surface area contributed by atoms with Crippen molar-refractivity contribution in [3.8, 4) is 18.1 Å². The lowest BCUT2D eigenvalue weighted by atomic mass is 10.0. The van der Waals surface area contributed by atoms with E-state index in [1.54, 1.807) is 7.11 Å². The van der Waals surface area contributed by atoms with E-state index < -0.39 is 0 Å². The van der Waals surface area contributed by atoms with Crippen molar-refractivity contribution < 1.29 is 9.53 Å². The highest BCUT2D eigenvalue weighted by atomic mass is 16.5. The fourth-order valence-corrected chi connectivity index (χ4v) is 3.88. The molecule has 0 aromatic heterocycles. The Bertz CT molecular complexity index is 637. The van der Waals surface area contributed by atoms with Crippen LogP contribution in [0, 0.1) is 12.3 Å². The third-order valence-electron chi connectivity index (χ3n) is 5.41. The highest BCUT2D eigenvalue weighted by Crippen LogP contribution is 2.24. The van der Waals surface area contributed by atoms with Gasteiger partial charge in [-0.15, -0.1) is 6.42 Å². The first-order valence-corrected chi connectivity index (χ1v) is 9.97. The van der Waals surface area contributed by atoms with Gasteiger partial charge in [0.2, 0.25) is 5.91 Å². The second-order valence-corrected chi connectivity index (χ2v) is 6.94. The van der Waals surface area contributed by atoms with Crippen molar-refractivity contribution >= 4 is 5.91 Å². The Balaban J connectivity index is 2.10. The van der Waals surface area contributed by atoms with E-state index in [-0.39, 0.29) is 18.0 Å². The van der Waals surface area contributed by atoms with Gasteiger partial charge in [-0.25, -0.2) is 0 Å². The van der Waals surface area contributed by atoms with Gasteiger partial charge in [-0.05, 0) is 50.2 Å². The van der Waals surface area contributed by atoms with Crippen molar-refractivity contribution in [2.24, 2.45) is 0 Å². The normalized spacial score (nSPS) is 18.7. The molecule has 0 radical (unpaired) electrons. The summed E-state index contributed by atoms with van der Waals surface area (Å²) in [6.07, 6.45) is 8.55. The highest BCUT2D eigenvalue weighted by Gasteiger charge is 2.29. The van der Waals surface area contributed by atoms with E-state index in [4.69, 9.17) is 11.2 Å². The average Bonchev–Trinajstić information content (AvgIpc) is 2.71. The van der Waals surface area contributed by atoms with Crippen molar-refractivity contribution in [2.45, 2.75) is 45.2 Å². The predicted molar refractivity (Wildman–Crippen MR) is 110 cm³/mol. The zero-order valence-electron chi connectivity index (χ0n) is 16.9. The molecule has 5 heteroatoms. The molecule has 1 amide bonds. The number of rotatable bonds is 9. The largest absolute Gasteiger partial charge is 0.497 e. The Morgan fingerprint density at radius 2 is 2.19 bits per heavy atom. The van der Waals surface area contributed by atoms with Gasteiger partial charge in [0.05, 0.1) is 25.7 Å². The molecule has 0 bridgehead atoms. The molecule has 1 fully saturated rings. The van der Waals surface area contributed by atoms with Crippen LogP contribution >= 0.6 is 0 Å². The van der Waals surface area contributed by atoms with Crippen LogP contribution in [0.15, 0.2) is 24.3 Å². The lowest BCUT2D eigenvalue weighted by Crippen LogP contribution is -2.51. The van der Waals surface area contributed by atoms with Gasteiger partial charge >= 0.3 is 0 Å². The maximum absolute atomic E-state index is 12.9. The molecule has 0 spiro atoms. The number of nitrogens with one attached hydrogen (secondary N) is 1. The Morgan fingerprint density at radius 3 is 2.85 bits per heavy atom. The van der Waals surface area contributed by atoms with Crippen LogP contribution in [-0.4, -0.2) is 61.6 Å². The fraction of sp³-hybridized carbons (Fsp3) is 0.591. The molecule has 1 aromatic rings. The summed E-state index contributed by atoms with van der Waals surface area (Å²) >= 11 is 0. The number of piperidine rings is 1. The summed E-state index contributed by atoms with van der Waals surface area (Å²) in [5.41, 5.74) is 1.16. The van der Waals surface area contributed by atoms with Crippen LogP contribution in [0.2, 0.25) is 0 Å². The summed E-state index contributed by atoms with van der Waals surface area (Å²) in [6.45, 7) is 8.14. The molecule has 0 aliphatic carbocycles. The van der Waals surface area contributed by atoms with Gasteiger partial charge in [0.25, 0.3) is 0 Å². The molecular formula is C22H33N3O2. The number of amides is 1. The van der Waals surface area contributed by atoms with Crippen molar-refractivity contribution in [3.63, 3.8) is 0 Å². The minimum atomic E-state index is -0.113. The molecule has 0 saturated carbocycles. The van der Waals surface area contributed by atoms with Gasteiger partial charge in [-0.2, -0.15) is 0 Å². The molecule has 1 heterocycles. The molecular weight excluding hydrogens is 338 g/mol. The van der Waals surface area contributed by atoms with Crippen LogP contribution in [-0.2, 0) is 4.79 Å². The van der Waals surface area contributed by atoms with Crippen LogP contribution in [0.25, 0.3) is 0 Å². The highest BCUT2D eigenvalue weighted by molar-refractivity contribution is 5.81. The number of likely N-dealkylation sites (N-methyl/N-ethyl adjacent to an activating group) is 1. The molecule has 2 atom stereocenters. The van der Waals surface area contributed by atoms with Crippen molar-refractivity contribution in [2.75, 3.05) is 39.8 Å². The summed E-state index contributed by atoms with van der Waals surface area (Å²) < 4.78 is 5.38. The van der Waals surface area contributed by atoms with E-state index in [9.17, 15) is 4.79 Å². The van der Waals surface area contributed by atoms with Crippen LogP contribution in [0.3, 0.4) is 0 Å². The lowest BCUT2D eigenvalue weighted by molar-refractivity contribution is -0.127. The first-order valence-electron chi connectivity index (χ1n) is 9.97. The van der Waals surface area contributed by atoms with E-state index in [0.717, 1.165) is 50.2 Å². The number of carbonyl (C=O) groups excluding carboxylic acids is 1. The monoisotopic (exact) mass is 371 g/mol. The number of terminal acetylenes is 1. The van der Waals surface area contributed by atoms with Gasteiger partial charge < -0.3 is 10.1 Å². The van der Waals surface area contributed by atoms with Gasteiger partial charge in [0.1, 0.15) is 5.75 Å². The molecule has 2 unspecified atom stereocenters. The average molecular weight is 372 g/mol. The number of likely N-dealkylation sites (tertiary alicyclic amines) is 1. The van der Waals surface area contributed by atoms with Crippen LogP contribution < -0.4 is 10.1 Å². The lowest BCUT2D eigenvalue weighted by Gasteiger charge is -2.35. The Hall–Kier alpha value is -2.03. The Morgan fingerprint density at radius 1 is 1.41 bits per heavy atom. The first-order chi connectivity index (χ1) is 13.1. The van der Waals surface area contributed by atoms with E-state index in [2.05, 4.69) is 47.0 Å². The molecule has 1 aliphatic rings. The van der Waals surface area contributed by atoms with E-state index in [1.165, 1.54) is 0 Å². The zero-order valence-corrected chi connectivity index (χ0v) is 16.9. The van der Waals surface area contributed by atoms with Crippen LogP contribution in [0.5, 0.6) is 5.75 Å². The number of ether oxygens (including phenoxy) is 1. The number of nitrogens with zero attached hydrogens (tertiary/aromatic N) is 2. The summed E-state index contributed by atoms with van der Waals surface area (Å²) in [7, 11) is 1.68. The smallest absolute Gasteiger partial charge is 0.237 e. The maximum Gasteiger partial charge on any atom is 0.237 e. The first kappa shape index (κ1) is 21.3. The Labute approximate surface area is 164 Å². The quantitative estimate of drug-likeness (QED) is 0.678. The third kappa shape index (κ3) is 5.72. The number of hydrogen-bond acceptors (Lipinski definition) is 4. The van der Waals surface area contributed by atoms with Crippen molar-refractivity contribution in [3.05, 3.63) is 29.8 Å². The maximum atomic E-state index is 12.9. The summed E-state index contributed by atoms with van der Waals surface area (Å²) in [5, 5.41) is 3.19. The van der Waals surface area contributed by atoms with E-state index in [1.807, 2.05) is 12.1 Å². The van der Waals surface area contributed by atoms with Crippen LogP contribution in [0.4, 0.5) is 0 Å². The molecule has 1 aliphatic heterocycles. The minimum Gasteiger partial charge on any atom is -0.497 e. The van der Waals surface area contributed by atoms with Crippen LogP contribution in [0.1, 0.15) is 44.7 Å². The van der Waals surface area contributed by atoms with Crippen molar-refractivity contribution in [1.82, 2.24) is 15.1 Å². The summed E-state index contributed by atoms with van der Waals surface area (Å²) in [5.74, 6) is 3.61. The third-order valence-corrected chi connectivity index (χ3v) is 5.41. The molecule has 2 rings (SSSR count). The molecule has 1 saturated heterocycles. The van der Waals surface area contributed by atoms with E-state index in [0.29, 0.717) is 13.1 Å². The molecule has 5 nitrogen and oxygen atoms in total. The molecule has 1 aromatic carbocycles. The minimum absolute atomic E-state index is 0.0880. The number of hydrogen-bond donors (Lipinski definition) is 1. The standard InChI is InChI=1S/C22H33N3O2/c1-5-14-25-15-9-8-13-20(25)22(26)23-17-21(24(6-2)7-3)18-11-10-12-19(16-18)27-4/h1,10-12,16,20-21H,6-9,13-15,17H2,2-4H3,(H,23,26). The van der Waals surface area contributed by atoms with Gasteiger partial charge in [0.15, 0.2) is 0 Å². The van der Waals surface area contributed by atoms with E-state index >= 15 is 0 Å². The number of methoxy groups -OCH3 is 1. The van der Waals surface area contributed by atoms with Gasteiger partial charge in [-0.1, -0.05) is 38.3 Å².